The number of nitrogens with one attached hydrogen (secondary N) is 1. The summed E-state index contributed by atoms with van der Waals surface area (Å²) in [7, 11) is 0. The number of hydrogen-bond donors (Lipinski definition) is 3. The molecule has 3 heteroatoms. The van der Waals surface area contributed by atoms with Gasteiger partial charge in [0.1, 0.15) is 0 Å². The molecule has 5 N–H and O–H groups in total. The fraction of sp³-hybridized carbons (Fsp3) is 1.00. The van der Waals surface area contributed by atoms with Gasteiger partial charge in [0, 0.05) is 13.1 Å². The van der Waals surface area contributed by atoms with Gasteiger partial charge in [0.15, 0.2) is 0 Å². The number of rotatable bonds is 9. The summed E-state index contributed by atoms with van der Waals surface area (Å²) < 4.78 is 0. The minimum Gasteiger partial charge on any atom is -0.330 e. The predicted octanol–water partition coefficient (Wildman–Crippen LogP) is 0.690. The number of nitrogens with two attached hydrogens (primary N) is 2. The lowest BCUT2D eigenvalue weighted by Gasteiger charge is -2.10. The summed E-state index contributed by atoms with van der Waals surface area (Å²) in [4.78, 5) is 0. The first-order valence-corrected chi connectivity index (χ1v) is 5.42. The van der Waals surface area contributed by atoms with Gasteiger partial charge >= 0.3 is 0 Å². The zero-order valence-electron chi connectivity index (χ0n) is 8.89. The zero-order valence-corrected chi connectivity index (χ0v) is 8.89. The normalized spacial score (nSPS) is 13.2. The van der Waals surface area contributed by atoms with E-state index in [0.29, 0.717) is 0 Å². The van der Waals surface area contributed by atoms with Crippen LogP contribution in [-0.4, -0.2) is 26.2 Å². The molecular formula is C10H25N3. The Bertz CT molecular complexity index is 96.2. The Labute approximate surface area is 82.3 Å². The lowest BCUT2D eigenvalue weighted by Crippen LogP contribution is -2.23. The van der Waals surface area contributed by atoms with Gasteiger partial charge < -0.3 is 16.8 Å². The van der Waals surface area contributed by atoms with Gasteiger partial charge in [0.2, 0.25) is 0 Å². The number of hydrogen-bond acceptors (Lipinski definition) is 3. The minimum atomic E-state index is 0.739. The Hall–Kier alpha value is -0.120. The van der Waals surface area contributed by atoms with Crippen molar-refractivity contribution in [2.45, 2.75) is 32.6 Å². The summed E-state index contributed by atoms with van der Waals surface area (Å²) in [5.74, 6) is 0.822. The average molecular weight is 187 g/mol. The van der Waals surface area contributed by atoms with E-state index in [2.05, 4.69) is 12.2 Å². The SMILES string of the molecule is CC(CCCN)CCCNCCN. The van der Waals surface area contributed by atoms with Crippen LogP contribution in [0.1, 0.15) is 32.6 Å². The second kappa shape index (κ2) is 9.96. The Morgan fingerprint density at radius 3 is 2.31 bits per heavy atom. The van der Waals surface area contributed by atoms with Crippen LogP contribution >= 0.6 is 0 Å². The van der Waals surface area contributed by atoms with Gasteiger partial charge in [-0.25, -0.2) is 0 Å². The monoisotopic (exact) mass is 187 g/mol. The van der Waals surface area contributed by atoms with Crippen molar-refractivity contribution in [2.24, 2.45) is 17.4 Å². The van der Waals surface area contributed by atoms with Gasteiger partial charge in [-0.05, 0) is 44.7 Å². The van der Waals surface area contributed by atoms with Gasteiger partial charge in [-0.3, -0.25) is 0 Å². The van der Waals surface area contributed by atoms with Crippen LogP contribution in [0.15, 0.2) is 0 Å². The highest BCUT2D eigenvalue weighted by atomic mass is 14.9. The smallest absolute Gasteiger partial charge is 0.00745 e. The second-order valence-corrected chi connectivity index (χ2v) is 3.72. The Morgan fingerprint density at radius 1 is 1.00 bits per heavy atom. The summed E-state index contributed by atoms with van der Waals surface area (Å²) in [6.45, 7) is 5.92. The molecule has 0 bridgehead atoms. The Balaban J connectivity index is 3.03. The van der Waals surface area contributed by atoms with Crippen molar-refractivity contribution in [3.8, 4) is 0 Å². The standard InChI is InChI=1S/C10H25N3/c1-10(4-2-6-11)5-3-8-13-9-7-12/h10,13H,2-9,11-12H2,1H3. The fourth-order valence-corrected chi connectivity index (χ4v) is 1.41. The summed E-state index contributed by atoms with van der Waals surface area (Å²) in [6, 6.07) is 0. The van der Waals surface area contributed by atoms with Crippen molar-refractivity contribution >= 4 is 0 Å². The second-order valence-electron chi connectivity index (χ2n) is 3.72. The van der Waals surface area contributed by atoms with E-state index in [9.17, 15) is 0 Å². The van der Waals surface area contributed by atoms with E-state index in [1.807, 2.05) is 0 Å². The fourth-order valence-electron chi connectivity index (χ4n) is 1.41. The third-order valence-electron chi connectivity index (χ3n) is 2.27. The van der Waals surface area contributed by atoms with E-state index in [1.165, 1.54) is 19.3 Å². The molecule has 0 saturated heterocycles. The molecular weight excluding hydrogens is 162 g/mol. The average Bonchev–Trinajstić information content (AvgIpc) is 2.14. The molecule has 3 nitrogen and oxygen atoms in total. The molecule has 1 atom stereocenters. The van der Waals surface area contributed by atoms with Gasteiger partial charge in [-0.1, -0.05) is 6.92 Å². The first-order chi connectivity index (χ1) is 6.31. The molecule has 0 saturated carbocycles. The van der Waals surface area contributed by atoms with Crippen LogP contribution in [0.2, 0.25) is 0 Å². The molecule has 0 aliphatic carbocycles. The summed E-state index contributed by atoms with van der Waals surface area (Å²) in [5.41, 5.74) is 10.8. The molecule has 0 spiro atoms. The van der Waals surface area contributed by atoms with Gasteiger partial charge in [0.25, 0.3) is 0 Å². The van der Waals surface area contributed by atoms with Gasteiger partial charge in [-0.2, -0.15) is 0 Å². The first kappa shape index (κ1) is 12.9. The third-order valence-corrected chi connectivity index (χ3v) is 2.27. The lowest BCUT2D eigenvalue weighted by molar-refractivity contribution is 0.454. The molecule has 0 aromatic heterocycles. The van der Waals surface area contributed by atoms with Crippen molar-refractivity contribution in [3.05, 3.63) is 0 Å². The highest BCUT2D eigenvalue weighted by Crippen LogP contribution is 2.10. The van der Waals surface area contributed by atoms with Crippen LogP contribution in [0.25, 0.3) is 0 Å². The van der Waals surface area contributed by atoms with Crippen LogP contribution < -0.4 is 16.8 Å². The van der Waals surface area contributed by atoms with E-state index in [4.69, 9.17) is 11.5 Å². The molecule has 0 amide bonds. The minimum absolute atomic E-state index is 0.739. The van der Waals surface area contributed by atoms with Gasteiger partial charge in [-0.15, -0.1) is 0 Å². The van der Waals surface area contributed by atoms with E-state index in [1.54, 1.807) is 0 Å². The Kier molecular flexibility index (Phi) is 9.87. The summed E-state index contributed by atoms with van der Waals surface area (Å²) >= 11 is 0. The van der Waals surface area contributed by atoms with Crippen molar-refractivity contribution in [1.29, 1.82) is 0 Å². The van der Waals surface area contributed by atoms with E-state index in [-0.39, 0.29) is 0 Å². The first-order valence-electron chi connectivity index (χ1n) is 5.42. The molecule has 0 radical (unpaired) electrons. The third kappa shape index (κ3) is 9.80. The largest absolute Gasteiger partial charge is 0.330 e. The van der Waals surface area contributed by atoms with Crippen LogP contribution in [-0.2, 0) is 0 Å². The molecule has 0 heterocycles. The maximum absolute atomic E-state index is 5.44. The van der Waals surface area contributed by atoms with Crippen LogP contribution in [0.5, 0.6) is 0 Å². The summed E-state index contributed by atoms with van der Waals surface area (Å²) in [6.07, 6.45) is 4.99. The highest BCUT2D eigenvalue weighted by Gasteiger charge is 2.00. The lowest BCUT2D eigenvalue weighted by atomic mass is 10.00. The maximum atomic E-state index is 5.44. The van der Waals surface area contributed by atoms with Crippen molar-refractivity contribution in [1.82, 2.24) is 5.32 Å². The predicted molar refractivity (Wildman–Crippen MR) is 58.6 cm³/mol. The molecule has 0 aliphatic rings. The van der Waals surface area contributed by atoms with E-state index < -0.39 is 0 Å². The zero-order chi connectivity index (χ0) is 9.94. The molecule has 13 heavy (non-hydrogen) atoms. The summed E-state index contributed by atoms with van der Waals surface area (Å²) in [5, 5.41) is 3.30. The van der Waals surface area contributed by atoms with Crippen molar-refractivity contribution in [2.75, 3.05) is 26.2 Å². The molecule has 1 unspecified atom stereocenters. The Morgan fingerprint density at radius 2 is 1.69 bits per heavy atom. The molecule has 0 aromatic rings. The molecule has 0 rings (SSSR count). The highest BCUT2D eigenvalue weighted by molar-refractivity contribution is 4.56. The molecule has 0 aliphatic heterocycles. The van der Waals surface area contributed by atoms with Crippen molar-refractivity contribution in [3.63, 3.8) is 0 Å². The van der Waals surface area contributed by atoms with Crippen LogP contribution in [0.3, 0.4) is 0 Å². The quantitative estimate of drug-likeness (QED) is 0.465. The van der Waals surface area contributed by atoms with Crippen LogP contribution in [0.4, 0.5) is 0 Å². The van der Waals surface area contributed by atoms with E-state index >= 15 is 0 Å². The topological polar surface area (TPSA) is 64.1 Å². The van der Waals surface area contributed by atoms with Crippen LogP contribution in [0, 0.1) is 5.92 Å². The molecule has 80 valence electrons. The molecule has 0 fully saturated rings. The van der Waals surface area contributed by atoms with E-state index in [0.717, 1.165) is 38.5 Å². The van der Waals surface area contributed by atoms with Gasteiger partial charge in [0.05, 0.1) is 0 Å². The van der Waals surface area contributed by atoms with Crippen molar-refractivity contribution < 1.29 is 0 Å². The maximum Gasteiger partial charge on any atom is 0.00745 e. The molecule has 0 aromatic carbocycles.